The van der Waals surface area contributed by atoms with Crippen molar-refractivity contribution in [2.24, 2.45) is 22.7 Å². The van der Waals surface area contributed by atoms with Crippen molar-refractivity contribution >= 4 is 28.0 Å². The third kappa shape index (κ3) is 9.68. The number of benzene rings is 2. The first-order valence-electron chi connectivity index (χ1n) is 18.8. The van der Waals surface area contributed by atoms with Gasteiger partial charge in [0, 0.05) is 17.7 Å². The first-order chi connectivity index (χ1) is 24.5. The molecule has 0 aliphatic rings. The maximum Gasteiger partial charge on any atom is 0.252 e. The molecule has 0 spiro atoms. The van der Waals surface area contributed by atoms with Gasteiger partial charge in [0.25, 0.3) is 5.91 Å². The molecule has 2 unspecified atom stereocenters. The molecule has 286 valence electrons. The molecule has 6 N–H and O–H groups in total. The van der Waals surface area contributed by atoms with Gasteiger partial charge in [0.15, 0.2) is 0 Å². The highest BCUT2D eigenvalue weighted by Gasteiger charge is 2.37. The number of H-pyrrole nitrogens is 2. The molecular weight excluding hydrogens is 665 g/mol. The lowest BCUT2D eigenvalue weighted by Crippen LogP contribution is -2.49. The summed E-state index contributed by atoms with van der Waals surface area (Å²) in [6.07, 6.45) is 4.62. The molecule has 0 bridgehead atoms. The lowest BCUT2D eigenvalue weighted by atomic mass is 9.85. The maximum atomic E-state index is 13.2. The summed E-state index contributed by atoms with van der Waals surface area (Å²) in [7, 11) is 0. The maximum absolute atomic E-state index is 13.2. The Kier molecular flexibility index (Phi) is 11.3. The summed E-state index contributed by atoms with van der Waals surface area (Å²) in [5.74, 6) is 1.60. The molecule has 3 heterocycles. The van der Waals surface area contributed by atoms with Gasteiger partial charge in [-0.05, 0) is 73.6 Å². The van der Waals surface area contributed by atoms with Crippen molar-refractivity contribution in [3.8, 4) is 22.5 Å². The number of carbonyl (C=O) groups excluding carboxylic acids is 1. The molecule has 0 radical (unpaired) electrons. The van der Waals surface area contributed by atoms with Crippen LogP contribution in [0.4, 0.5) is 0 Å². The summed E-state index contributed by atoms with van der Waals surface area (Å²) in [6, 6.07) is 11.4. The standard InChI is InChI=1S/C42H60N8O3/c1-24(2)19-41(11,52)23-45-34(39(5,6)7)36-46-28-15-13-26(17-30(28)48-36)32-21-44-33(22-43-32)27-14-16-29-31(18-27)49-37(47-29)35(40(8,9)10)50-38(51)42(12,53)20-25(3)4/h13-18,21-22,24-25,34-35,45,52-53H,19-20,23H2,1-12H3,(H,46,48)(H,47,49)(H,50,51)/t34-,35-,41?,42?/m1/s1. The van der Waals surface area contributed by atoms with Gasteiger partial charge in [-0.25, -0.2) is 9.97 Å². The van der Waals surface area contributed by atoms with Gasteiger partial charge in [-0.2, -0.15) is 0 Å². The molecule has 53 heavy (non-hydrogen) atoms. The van der Waals surface area contributed by atoms with Crippen LogP contribution >= 0.6 is 0 Å². The fraction of sp³-hybridized carbons (Fsp3) is 0.548. The van der Waals surface area contributed by atoms with Gasteiger partial charge in [0.05, 0.1) is 63.5 Å². The van der Waals surface area contributed by atoms with Crippen molar-refractivity contribution < 1.29 is 15.0 Å². The first kappa shape index (κ1) is 40.0. The van der Waals surface area contributed by atoms with Gasteiger partial charge in [0.1, 0.15) is 17.2 Å². The second-order valence-electron chi connectivity index (χ2n) is 18.4. The van der Waals surface area contributed by atoms with E-state index in [2.05, 4.69) is 61.3 Å². The number of nitrogens with zero attached hydrogens (tertiary/aromatic N) is 4. The van der Waals surface area contributed by atoms with E-state index in [1.165, 1.54) is 0 Å². The monoisotopic (exact) mass is 724 g/mol. The molecule has 0 saturated carbocycles. The van der Waals surface area contributed by atoms with Crippen LogP contribution in [0.5, 0.6) is 0 Å². The van der Waals surface area contributed by atoms with Gasteiger partial charge in [-0.15, -0.1) is 0 Å². The van der Waals surface area contributed by atoms with Crippen LogP contribution in [0.1, 0.15) is 120 Å². The van der Waals surface area contributed by atoms with E-state index in [0.29, 0.717) is 31.1 Å². The highest BCUT2D eigenvalue weighted by atomic mass is 16.3. The number of imidazole rings is 2. The molecule has 11 heteroatoms. The quantitative estimate of drug-likeness (QED) is 0.0710. The zero-order valence-corrected chi connectivity index (χ0v) is 33.6. The lowest BCUT2D eigenvalue weighted by molar-refractivity contribution is -0.141. The minimum Gasteiger partial charge on any atom is -0.389 e. The Morgan fingerprint density at radius 3 is 1.57 bits per heavy atom. The van der Waals surface area contributed by atoms with Gasteiger partial charge in [-0.3, -0.25) is 14.8 Å². The first-order valence-corrected chi connectivity index (χ1v) is 18.8. The predicted octanol–water partition coefficient (Wildman–Crippen LogP) is 8.04. The number of aromatic amines is 2. The van der Waals surface area contributed by atoms with Gasteiger partial charge < -0.3 is 30.8 Å². The number of hydrogen-bond acceptors (Lipinski definition) is 8. The average molecular weight is 725 g/mol. The Balaban J connectivity index is 1.36. The summed E-state index contributed by atoms with van der Waals surface area (Å²) in [4.78, 5) is 39.5. The van der Waals surface area contributed by atoms with E-state index in [0.717, 1.165) is 50.4 Å². The Morgan fingerprint density at radius 2 is 1.15 bits per heavy atom. The van der Waals surface area contributed by atoms with Crippen LogP contribution in [0.2, 0.25) is 0 Å². The Morgan fingerprint density at radius 1 is 0.698 bits per heavy atom. The van der Waals surface area contributed by atoms with E-state index >= 15 is 0 Å². The minimum atomic E-state index is -1.49. The SMILES string of the molecule is CC(C)CC(C)(O)CN[C@H](c1nc2ccc(-c3cnc(-c4ccc5nc([C@@H](NC(=O)C(C)(O)CC(C)C)C(C)(C)C)[nH]c5c4)cn3)cc2[nH]1)C(C)(C)C. The molecule has 4 atom stereocenters. The Hall–Kier alpha value is -4.19. The van der Waals surface area contributed by atoms with Crippen LogP contribution in [-0.4, -0.2) is 63.8 Å². The number of aliphatic hydroxyl groups is 2. The molecule has 1 amide bonds. The number of nitrogens with one attached hydrogen (secondary N) is 4. The molecule has 0 fully saturated rings. The third-order valence-corrected chi connectivity index (χ3v) is 9.63. The summed E-state index contributed by atoms with van der Waals surface area (Å²) >= 11 is 0. The fourth-order valence-electron chi connectivity index (χ4n) is 7.23. The highest BCUT2D eigenvalue weighted by molar-refractivity contribution is 5.85. The number of carbonyl (C=O) groups is 1. The summed E-state index contributed by atoms with van der Waals surface area (Å²) in [5.41, 5.74) is 3.77. The van der Waals surface area contributed by atoms with Gasteiger partial charge >= 0.3 is 0 Å². The predicted molar refractivity (Wildman–Crippen MR) is 213 cm³/mol. The summed E-state index contributed by atoms with van der Waals surface area (Å²) in [6.45, 7) is 24.8. The normalized spacial score (nSPS) is 16.2. The average Bonchev–Trinajstić information content (AvgIpc) is 3.64. The molecule has 5 rings (SSSR count). The van der Waals surface area contributed by atoms with Crippen LogP contribution in [0.3, 0.4) is 0 Å². The lowest BCUT2D eigenvalue weighted by Gasteiger charge is -2.34. The van der Waals surface area contributed by atoms with E-state index in [4.69, 9.17) is 19.9 Å². The summed E-state index contributed by atoms with van der Waals surface area (Å²) < 4.78 is 0. The van der Waals surface area contributed by atoms with Crippen molar-refractivity contribution in [2.75, 3.05) is 6.54 Å². The van der Waals surface area contributed by atoms with Gasteiger partial charge in [-0.1, -0.05) is 81.4 Å². The molecule has 5 aromatic rings. The molecule has 0 aliphatic carbocycles. The zero-order valence-electron chi connectivity index (χ0n) is 33.6. The number of aromatic nitrogens is 6. The van der Waals surface area contributed by atoms with Crippen LogP contribution in [-0.2, 0) is 4.79 Å². The molecule has 11 nitrogen and oxygen atoms in total. The van der Waals surface area contributed by atoms with E-state index in [9.17, 15) is 15.0 Å². The largest absolute Gasteiger partial charge is 0.389 e. The number of fused-ring (bicyclic) bond motifs is 2. The molecule has 3 aromatic heterocycles. The van der Waals surface area contributed by atoms with Crippen molar-refractivity contribution in [2.45, 2.75) is 119 Å². The van der Waals surface area contributed by atoms with Crippen molar-refractivity contribution in [3.05, 3.63) is 60.4 Å². The number of hydrogen-bond donors (Lipinski definition) is 6. The Bertz CT molecular complexity index is 2030. The second-order valence-corrected chi connectivity index (χ2v) is 18.4. The van der Waals surface area contributed by atoms with E-state index in [-0.39, 0.29) is 22.8 Å². The molecule has 0 saturated heterocycles. The van der Waals surface area contributed by atoms with Crippen LogP contribution in [0.15, 0.2) is 48.8 Å². The van der Waals surface area contributed by atoms with E-state index in [1.807, 2.05) is 71.9 Å². The van der Waals surface area contributed by atoms with Crippen LogP contribution in [0.25, 0.3) is 44.6 Å². The van der Waals surface area contributed by atoms with Crippen molar-refractivity contribution in [1.29, 1.82) is 0 Å². The fourth-order valence-corrected chi connectivity index (χ4v) is 7.23. The second kappa shape index (κ2) is 14.9. The molecular formula is C42H60N8O3. The Labute approximate surface area is 314 Å². The van der Waals surface area contributed by atoms with Crippen LogP contribution < -0.4 is 10.6 Å². The third-order valence-electron chi connectivity index (χ3n) is 9.63. The van der Waals surface area contributed by atoms with Gasteiger partial charge in [0.2, 0.25) is 0 Å². The smallest absolute Gasteiger partial charge is 0.252 e. The highest BCUT2D eigenvalue weighted by Crippen LogP contribution is 2.36. The summed E-state index contributed by atoms with van der Waals surface area (Å²) in [5, 5.41) is 28.5. The molecule has 0 aliphatic heterocycles. The van der Waals surface area contributed by atoms with Crippen molar-refractivity contribution in [1.82, 2.24) is 40.5 Å². The van der Waals surface area contributed by atoms with Crippen LogP contribution in [0, 0.1) is 22.7 Å². The minimum absolute atomic E-state index is 0.0940. The number of rotatable bonds is 13. The van der Waals surface area contributed by atoms with Crippen molar-refractivity contribution in [3.63, 3.8) is 0 Å². The van der Waals surface area contributed by atoms with E-state index < -0.39 is 23.2 Å². The topological polar surface area (TPSA) is 165 Å². The molecule has 2 aromatic carbocycles. The van der Waals surface area contributed by atoms with E-state index in [1.54, 1.807) is 19.3 Å². The number of amides is 1. The zero-order chi connectivity index (χ0) is 39.1.